The molecule has 0 N–H and O–H groups in total. The lowest BCUT2D eigenvalue weighted by molar-refractivity contribution is -0.870. The van der Waals surface area contributed by atoms with Gasteiger partial charge in [-0.25, -0.2) is 0 Å². The summed E-state index contributed by atoms with van der Waals surface area (Å²) in [7, 11) is 1.11. The number of carbonyl (C=O) groups excluding carboxylic acids is 2. The van der Waals surface area contributed by atoms with Gasteiger partial charge in [0.15, 0.2) is 6.10 Å². The molecule has 0 radical (unpaired) electrons. The van der Waals surface area contributed by atoms with Crippen molar-refractivity contribution >= 4 is 19.8 Å². The van der Waals surface area contributed by atoms with Gasteiger partial charge in [-0.05, 0) is 96.3 Å². The lowest BCUT2D eigenvalue weighted by Crippen LogP contribution is -2.37. The highest BCUT2D eigenvalue weighted by Crippen LogP contribution is 2.38. The number of nitrogens with zero attached hydrogens (tertiary/aromatic N) is 1. The quantitative estimate of drug-likeness (QED) is 0.0196. The van der Waals surface area contributed by atoms with Gasteiger partial charge in [0.25, 0.3) is 7.82 Å². The number of hydrogen-bond donors (Lipinski definition) is 0. The lowest BCUT2D eigenvalue weighted by Gasteiger charge is -2.28. The van der Waals surface area contributed by atoms with Crippen molar-refractivity contribution in [1.82, 2.24) is 0 Å². The van der Waals surface area contributed by atoms with Crippen LogP contribution in [0.1, 0.15) is 155 Å². The average molecular weight is 884 g/mol. The molecule has 0 fully saturated rings. The van der Waals surface area contributed by atoms with Gasteiger partial charge >= 0.3 is 11.9 Å². The van der Waals surface area contributed by atoms with Crippen molar-refractivity contribution in [1.29, 1.82) is 0 Å². The minimum atomic E-state index is -4.65. The fourth-order valence-corrected chi connectivity index (χ4v) is 6.32. The number of likely N-dealkylation sites (N-methyl/N-ethyl adjacent to an activating group) is 1. The molecule has 0 spiro atoms. The molecule has 0 saturated carbocycles. The molecule has 0 heterocycles. The SMILES string of the molecule is CC/C=C\C/C=C\C/C=C\C/C=C\C/C=C\C/C=C\C/C=C\C/C=C\CCCCC(=O)OC(COC(=O)CCCCCCC/C=C\CCCC)COP(=O)([O-])OCC[N+](C)(C)C. The summed E-state index contributed by atoms with van der Waals surface area (Å²) in [5.41, 5.74) is 0. The Balaban J connectivity index is 4.39. The monoisotopic (exact) mass is 884 g/mol. The minimum Gasteiger partial charge on any atom is -0.756 e. The Morgan fingerprint density at radius 3 is 1.42 bits per heavy atom. The van der Waals surface area contributed by atoms with Crippen LogP contribution in [0.5, 0.6) is 0 Å². The molecule has 352 valence electrons. The lowest BCUT2D eigenvalue weighted by atomic mass is 10.1. The molecule has 0 aliphatic rings. The van der Waals surface area contributed by atoms with Gasteiger partial charge in [0.2, 0.25) is 0 Å². The number of quaternary nitrogens is 1. The van der Waals surface area contributed by atoms with E-state index in [1.165, 1.54) is 12.8 Å². The third-order valence-electron chi connectivity index (χ3n) is 9.28. The Hall–Kier alpha value is -3.33. The number of ether oxygens (including phenoxy) is 2. The predicted octanol–water partition coefficient (Wildman–Crippen LogP) is 13.3. The number of unbranched alkanes of at least 4 members (excludes halogenated alkanes) is 9. The topological polar surface area (TPSA) is 111 Å². The van der Waals surface area contributed by atoms with Crippen molar-refractivity contribution in [2.24, 2.45) is 0 Å². The maximum absolute atomic E-state index is 12.7. The van der Waals surface area contributed by atoms with E-state index in [2.05, 4.69) is 123 Å². The van der Waals surface area contributed by atoms with Crippen molar-refractivity contribution < 1.29 is 42.1 Å². The van der Waals surface area contributed by atoms with E-state index in [0.29, 0.717) is 23.9 Å². The van der Waals surface area contributed by atoms with Gasteiger partial charge in [-0.2, -0.15) is 0 Å². The van der Waals surface area contributed by atoms with Gasteiger partial charge in [0.1, 0.15) is 19.8 Å². The Bertz CT molecular complexity index is 1420. The summed E-state index contributed by atoms with van der Waals surface area (Å²) in [4.78, 5) is 37.5. The second-order valence-corrected chi connectivity index (χ2v) is 17.8. The molecule has 0 rings (SSSR count). The van der Waals surface area contributed by atoms with Crippen LogP contribution < -0.4 is 4.89 Å². The van der Waals surface area contributed by atoms with Crippen LogP contribution in [0.3, 0.4) is 0 Å². The van der Waals surface area contributed by atoms with Crippen LogP contribution >= 0.6 is 7.82 Å². The molecule has 0 aromatic rings. The van der Waals surface area contributed by atoms with Gasteiger partial charge in [0.05, 0.1) is 27.7 Å². The maximum atomic E-state index is 12.7. The molecule has 2 atom stereocenters. The van der Waals surface area contributed by atoms with Gasteiger partial charge in [-0.3, -0.25) is 14.2 Å². The van der Waals surface area contributed by atoms with Crippen molar-refractivity contribution in [3.8, 4) is 0 Å². The van der Waals surface area contributed by atoms with Crippen molar-refractivity contribution in [2.75, 3.05) is 47.5 Å². The predicted molar refractivity (Wildman–Crippen MR) is 258 cm³/mol. The van der Waals surface area contributed by atoms with Crippen LogP contribution in [0, 0.1) is 0 Å². The van der Waals surface area contributed by atoms with E-state index >= 15 is 0 Å². The van der Waals surface area contributed by atoms with E-state index in [-0.39, 0.29) is 26.1 Å². The smallest absolute Gasteiger partial charge is 0.306 e. The zero-order chi connectivity index (χ0) is 45.7. The zero-order valence-corrected chi connectivity index (χ0v) is 40.4. The summed E-state index contributed by atoms with van der Waals surface area (Å²) < 4.78 is 33.8. The van der Waals surface area contributed by atoms with Crippen LogP contribution in [0.15, 0.2) is 109 Å². The van der Waals surface area contributed by atoms with Crippen LogP contribution in [-0.4, -0.2) is 70.0 Å². The molecule has 0 amide bonds. The highest BCUT2D eigenvalue weighted by molar-refractivity contribution is 7.45. The molecule has 0 aromatic heterocycles. The molecular formula is C52H86NO8P. The molecule has 9 nitrogen and oxygen atoms in total. The van der Waals surface area contributed by atoms with Crippen LogP contribution in [-0.2, 0) is 32.7 Å². The number of allylic oxidation sites excluding steroid dienone is 18. The maximum Gasteiger partial charge on any atom is 0.306 e. The summed E-state index contributed by atoms with van der Waals surface area (Å²) in [5.74, 6) is -0.910. The Morgan fingerprint density at radius 1 is 0.516 bits per heavy atom. The number of carbonyl (C=O) groups is 2. The van der Waals surface area contributed by atoms with Gasteiger partial charge in [0, 0.05) is 12.8 Å². The fourth-order valence-electron chi connectivity index (χ4n) is 5.59. The van der Waals surface area contributed by atoms with E-state index in [4.69, 9.17) is 18.5 Å². The Labute approximate surface area is 378 Å². The molecule has 10 heteroatoms. The largest absolute Gasteiger partial charge is 0.756 e. The first-order chi connectivity index (χ1) is 30.0. The number of hydrogen-bond acceptors (Lipinski definition) is 8. The number of esters is 2. The average Bonchev–Trinajstić information content (AvgIpc) is 3.23. The molecule has 0 aliphatic carbocycles. The second-order valence-electron chi connectivity index (χ2n) is 16.4. The molecule has 2 unspecified atom stereocenters. The first kappa shape index (κ1) is 58.7. The van der Waals surface area contributed by atoms with Crippen LogP contribution in [0.2, 0.25) is 0 Å². The van der Waals surface area contributed by atoms with Crippen molar-refractivity contribution in [3.63, 3.8) is 0 Å². The fraction of sp³-hybridized carbons (Fsp3) is 0.615. The summed E-state index contributed by atoms with van der Waals surface area (Å²) in [6, 6.07) is 0. The second kappa shape index (κ2) is 42.9. The summed E-state index contributed by atoms with van der Waals surface area (Å²) in [6.45, 7) is 3.98. The van der Waals surface area contributed by atoms with Crippen molar-refractivity contribution in [3.05, 3.63) is 109 Å². The van der Waals surface area contributed by atoms with Crippen LogP contribution in [0.25, 0.3) is 0 Å². The minimum absolute atomic E-state index is 0.0472. The molecule has 0 aromatic carbocycles. The zero-order valence-electron chi connectivity index (χ0n) is 39.5. The Morgan fingerprint density at radius 2 is 0.919 bits per heavy atom. The first-order valence-electron chi connectivity index (χ1n) is 23.6. The van der Waals surface area contributed by atoms with Crippen LogP contribution in [0.4, 0.5) is 0 Å². The molecule has 0 saturated heterocycles. The first-order valence-corrected chi connectivity index (χ1v) is 25.1. The summed E-state index contributed by atoms with van der Waals surface area (Å²) >= 11 is 0. The van der Waals surface area contributed by atoms with E-state index in [1.807, 2.05) is 21.1 Å². The molecule has 0 bridgehead atoms. The summed E-state index contributed by atoms with van der Waals surface area (Å²) in [5, 5.41) is 0. The van der Waals surface area contributed by atoms with E-state index < -0.39 is 32.5 Å². The number of rotatable bonds is 41. The highest BCUT2D eigenvalue weighted by atomic mass is 31.2. The van der Waals surface area contributed by atoms with E-state index in [0.717, 1.165) is 103 Å². The van der Waals surface area contributed by atoms with E-state index in [9.17, 15) is 19.0 Å². The summed E-state index contributed by atoms with van der Waals surface area (Å²) in [6.07, 6.45) is 58.4. The van der Waals surface area contributed by atoms with Gasteiger partial charge in [-0.15, -0.1) is 0 Å². The van der Waals surface area contributed by atoms with Crippen molar-refractivity contribution in [2.45, 2.75) is 161 Å². The van der Waals surface area contributed by atoms with Gasteiger partial charge < -0.3 is 27.9 Å². The number of phosphoric ester groups is 1. The third-order valence-corrected chi connectivity index (χ3v) is 10.2. The third kappa shape index (κ3) is 46.2. The standard InChI is InChI=1S/C52H86NO8P/c1-6-8-10-12-14-16-18-19-20-21-22-23-24-25-26-27-28-29-30-31-32-33-35-37-39-41-43-45-52(55)61-50(49-60-62(56,57)59-47-46-53(3,4)5)48-58-51(54)44-42-40-38-36-34-17-15-13-11-9-7-2/h8,10,13-16,19-20,22-23,25-26,28-29,31-32,35,37,50H,6-7,9,11-12,17-18,21,24,27,30,33-34,36,38-49H2,1-5H3/b10-8-,15-13-,16-14-,20-19-,23-22-,26-25-,29-28-,32-31-,37-35-. The Kier molecular flexibility index (Phi) is 40.6. The highest BCUT2D eigenvalue weighted by Gasteiger charge is 2.21. The number of phosphoric acid groups is 1. The molecule has 62 heavy (non-hydrogen) atoms. The molecular weight excluding hydrogens is 798 g/mol. The molecule has 0 aliphatic heterocycles. The van der Waals surface area contributed by atoms with Gasteiger partial charge in [-0.1, -0.05) is 155 Å². The normalized spacial score (nSPS) is 14.5. The van der Waals surface area contributed by atoms with E-state index in [1.54, 1.807) is 0 Å².